The van der Waals surface area contributed by atoms with E-state index in [4.69, 9.17) is 19.2 Å². The van der Waals surface area contributed by atoms with Crippen LogP contribution in [-0.4, -0.2) is 65.6 Å². The minimum absolute atomic E-state index is 0.0153. The quantitative estimate of drug-likeness (QED) is 0.507. The van der Waals surface area contributed by atoms with Crippen molar-refractivity contribution in [1.29, 1.82) is 0 Å². The van der Waals surface area contributed by atoms with Crippen LogP contribution in [0.25, 0.3) is 0 Å². The van der Waals surface area contributed by atoms with Crippen LogP contribution < -0.4 is 15.0 Å². The topological polar surface area (TPSA) is 93.2 Å². The highest BCUT2D eigenvalue weighted by Crippen LogP contribution is 2.48. The molecule has 1 aliphatic carbocycles. The first-order chi connectivity index (χ1) is 17.8. The number of hydrogen-bond acceptors (Lipinski definition) is 7. The Bertz CT molecular complexity index is 1070. The maximum atomic E-state index is 12.7. The molecule has 9 nitrogen and oxygen atoms in total. The van der Waals surface area contributed by atoms with Crippen LogP contribution in [0.15, 0.2) is 12.1 Å². The Balaban J connectivity index is 1.50. The van der Waals surface area contributed by atoms with Gasteiger partial charge in [-0.25, -0.2) is 9.59 Å². The first kappa shape index (κ1) is 29.3. The fraction of sp³-hybridized carbons (Fsp3) is 0.767. The van der Waals surface area contributed by atoms with E-state index in [0.717, 1.165) is 37.3 Å². The standard InChI is InChI=1S/C30H48N4O5/c1-27(2,3)38-25(35)32-30(9,10)19-15-22(33-13-11-29(7,8)12-14-33)31-23(16-19)37-24-20-17-34(18-21(20)24)26(36)39-28(4,5)6/h15-16,20-21,24H,11-14,17-18H2,1-10H3,(H,32,35). The molecule has 2 unspecified atom stereocenters. The van der Waals surface area contributed by atoms with Gasteiger partial charge in [-0.15, -0.1) is 0 Å². The van der Waals surface area contributed by atoms with E-state index >= 15 is 0 Å². The smallest absolute Gasteiger partial charge is 0.410 e. The number of likely N-dealkylation sites (tertiary alicyclic amines) is 1. The minimum Gasteiger partial charge on any atom is -0.474 e. The highest BCUT2D eigenvalue weighted by atomic mass is 16.6. The number of amides is 2. The third kappa shape index (κ3) is 7.48. The number of nitrogens with zero attached hydrogens (tertiary/aromatic N) is 3. The normalized spacial score (nSPS) is 24.6. The summed E-state index contributed by atoms with van der Waals surface area (Å²) in [4.78, 5) is 34.1. The molecule has 1 N–H and O–H groups in total. The number of aromatic nitrogens is 1. The van der Waals surface area contributed by atoms with E-state index in [9.17, 15) is 9.59 Å². The number of piperidine rings is 2. The number of nitrogens with one attached hydrogen (secondary N) is 1. The molecule has 218 valence electrons. The highest BCUT2D eigenvalue weighted by Gasteiger charge is 2.59. The van der Waals surface area contributed by atoms with Crippen molar-refractivity contribution in [2.75, 3.05) is 31.1 Å². The summed E-state index contributed by atoms with van der Waals surface area (Å²) in [5, 5.41) is 3.02. The van der Waals surface area contributed by atoms with Crippen molar-refractivity contribution in [1.82, 2.24) is 15.2 Å². The Kier molecular flexibility index (Phi) is 7.54. The zero-order chi connectivity index (χ0) is 29.0. The van der Waals surface area contributed by atoms with Crippen LogP contribution in [0.4, 0.5) is 15.4 Å². The first-order valence-corrected chi connectivity index (χ1v) is 14.3. The predicted molar refractivity (Wildman–Crippen MR) is 151 cm³/mol. The average molecular weight is 545 g/mol. The maximum absolute atomic E-state index is 12.7. The molecule has 9 heteroatoms. The summed E-state index contributed by atoms with van der Waals surface area (Å²) in [5.41, 5.74) is -0.588. The van der Waals surface area contributed by atoms with Crippen LogP contribution in [-0.2, 0) is 15.0 Å². The van der Waals surface area contributed by atoms with E-state index in [1.165, 1.54) is 0 Å². The van der Waals surface area contributed by atoms with Crippen molar-refractivity contribution in [3.05, 3.63) is 17.7 Å². The lowest BCUT2D eigenvalue weighted by Crippen LogP contribution is -2.44. The first-order valence-electron chi connectivity index (χ1n) is 14.3. The van der Waals surface area contributed by atoms with Crippen LogP contribution in [0.3, 0.4) is 0 Å². The molecule has 0 bridgehead atoms. The number of hydrogen-bond donors (Lipinski definition) is 1. The second kappa shape index (κ2) is 10.0. The maximum Gasteiger partial charge on any atom is 0.410 e. The van der Waals surface area contributed by atoms with E-state index in [1.54, 1.807) is 4.90 Å². The van der Waals surface area contributed by atoms with Crippen molar-refractivity contribution in [2.45, 2.75) is 105 Å². The van der Waals surface area contributed by atoms with E-state index in [-0.39, 0.29) is 24.0 Å². The number of carbonyl (C=O) groups excluding carboxylic acids is 2. The summed E-state index contributed by atoms with van der Waals surface area (Å²) < 4.78 is 17.5. The summed E-state index contributed by atoms with van der Waals surface area (Å²) in [6.45, 7) is 22.8. The molecule has 0 spiro atoms. The van der Waals surface area contributed by atoms with E-state index in [0.29, 0.717) is 24.4 Å². The second-order valence-corrected chi connectivity index (χ2v) is 14.8. The van der Waals surface area contributed by atoms with E-state index in [2.05, 4.69) is 30.1 Å². The fourth-order valence-electron chi connectivity index (χ4n) is 5.31. The Labute approximate surface area is 233 Å². The Morgan fingerprint density at radius 3 is 2.03 bits per heavy atom. The van der Waals surface area contributed by atoms with Crippen LogP contribution in [0, 0.1) is 17.3 Å². The summed E-state index contributed by atoms with van der Waals surface area (Å²) in [6, 6.07) is 3.98. The van der Waals surface area contributed by atoms with Gasteiger partial charge in [0.25, 0.3) is 0 Å². The molecule has 1 saturated carbocycles. The third-order valence-corrected chi connectivity index (χ3v) is 7.79. The van der Waals surface area contributed by atoms with Crippen molar-refractivity contribution in [3.63, 3.8) is 0 Å². The molecule has 4 rings (SSSR count). The molecular weight excluding hydrogens is 496 g/mol. The fourth-order valence-corrected chi connectivity index (χ4v) is 5.31. The van der Waals surface area contributed by atoms with Crippen molar-refractivity contribution in [3.8, 4) is 5.88 Å². The highest BCUT2D eigenvalue weighted by molar-refractivity contribution is 5.69. The van der Waals surface area contributed by atoms with Gasteiger partial charge in [-0.05, 0) is 85.3 Å². The molecule has 2 saturated heterocycles. The van der Waals surface area contributed by atoms with Gasteiger partial charge in [0, 0.05) is 44.1 Å². The average Bonchev–Trinajstić information content (AvgIpc) is 3.18. The molecule has 39 heavy (non-hydrogen) atoms. The summed E-state index contributed by atoms with van der Waals surface area (Å²) >= 11 is 0. The molecule has 2 amide bonds. The molecule has 1 aromatic rings. The summed E-state index contributed by atoms with van der Waals surface area (Å²) in [7, 11) is 0. The van der Waals surface area contributed by atoms with Gasteiger partial charge in [-0.3, -0.25) is 0 Å². The Hall–Kier alpha value is -2.71. The van der Waals surface area contributed by atoms with Gasteiger partial charge in [0.2, 0.25) is 5.88 Å². The molecule has 1 aromatic heterocycles. The van der Waals surface area contributed by atoms with E-state index < -0.39 is 22.8 Å². The van der Waals surface area contributed by atoms with Gasteiger partial charge < -0.3 is 29.3 Å². The van der Waals surface area contributed by atoms with Gasteiger partial charge in [-0.2, -0.15) is 4.98 Å². The predicted octanol–water partition coefficient (Wildman–Crippen LogP) is 5.71. The summed E-state index contributed by atoms with van der Waals surface area (Å²) in [6.07, 6.45) is 1.46. The lowest BCUT2D eigenvalue weighted by molar-refractivity contribution is 0.0252. The molecule has 3 aliphatic rings. The molecule has 3 heterocycles. The number of carbonyl (C=O) groups is 2. The van der Waals surface area contributed by atoms with E-state index in [1.807, 2.05) is 61.5 Å². The van der Waals surface area contributed by atoms with Gasteiger partial charge >= 0.3 is 12.2 Å². The SMILES string of the molecule is CC1(C)CCN(c2cc(C(C)(C)NC(=O)OC(C)(C)C)cc(OC3C4CN(C(=O)OC(C)(C)C)CC43)n2)CC1. The molecule has 0 radical (unpaired) electrons. The van der Waals surface area contributed by atoms with Gasteiger partial charge in [-0.1, -0.05) is 13.8 Å². The van der Waals surface area contributed by atoms with Crippen molar-refractivity contribution >= 4 is 18.0 Å². The number of alkyl carbamates (subject to hydrolysis) is 1. The molecule has 0 aromatic carbocycles. The lowest BCUT2D eigenvalue weighted by Gasteiger charge is -2.38. The molecular formula is C30H48N4O5. The van der Waals surface area contributed by atoms with Crippen molar-refractivity contribution in [2.24, 2.45) is 17.3 Å². The number of anilines is 1. The number of rotatable bonds is 5. The molecule has 2 atom stereocenters. The zero-order valence-corrected chi connectivity index (χ0v) is 25.5. The molecule has 2 aliphatic heterocycles. The molecule has 3 fully saturated rings. The Morgan fingerprint density at radius 1 is 0.923 bits per heavy atom. The van der Waals surface area contributed by atoms with Crippen LogP contribution in [0.2, 0.25) is 0 Å². The zero-order valence-electron chi connectivity index (χ0n) is 25.5. The number of pyridine rings is 1. The van der Waals surface area contributed by atoms with Gasteiger partial charge in [0.05, 0.1) is 5.54 Å². The summed E-state index contributed by atoms with van der Waals surface area (Å²) in [5.74, 6) is 1.96. The lowest BCUT2D eigenvalue weighted by atomic mass is 9.82. The number of ether oxygens (including phenoxy) is 3. The largest absolute Gasteiger partial charge is 0.474 e. The van der Waals surface area contributed by atoms with Crippen molar-refractivity contribution < 1.29 is 23.8 Å². The van der Waals surface area contributed by atoms with Crippen LogP contribution in [0.1, 0.15) is 87.6 Å². The van der Waals surface area contributed by atoms with Crippen LogP contribution in [0.5, 0.6) is 5.88 Å². The number of fused-ring (bicyclic) bond motifs is 1. The van der Waals surface area contributed by atoms with Gasteiger partial charge in [0.15, 0.2) is 0 Å². The van der Waals surface area contributed by atoms with Gasteiger partial charge in [0.1, 0.15) is 23.1 Å². The van der Waals surface area contributed by atoms with Crippen LogP contribution >= 0.6 is 0 Å². The second-order valence-electron chi connectivity index (χ2n) is 14.8. The minimum atomic E-state index is -0.708. The monoisotopic (exact) mass is 544 g/mol. The third-order valence-electron chi connectivity index (χ3n) is 7.79. The Morgan fingerprint density at radius 2 is 1.49 bits per heavy atom.